The van der Waals surface area contributed by atoms with Crippen molar-refractivity contribution in [2.75, 3.05) is 33.9 Å². The Morgan fingerprint density at radius 3 is 3.08 bits per heavy atom. The average molecular weight is 348 g/mol. The lowest BCUT2D eigenvalue weighted by molar-refractivity contribution is -0.134. The zero-order valence-corrected chi connectivity index (χ0v) is 15.0. The van der Waals surface area contributed by atoms with Crippen molar-refractivity contribution in [2.24, 2.45) is 5.92 Å². The van der Waals surface area contributed by atoms with Gasteiger partial charge in [0.2, 0.25) is 5.91 Å². The minimum Gasteiger partial charge on any atom is -0.371 e. The van der Waals surface area contributed by atoms with Gasteiger partial charge in [-0.1, -0.05) is 6.07 Å². The SMILES string of the molecule is CN(C)C(=O)COC[C@@H]1CN(Cc2cccs2)Cc2nccn2C1. The summed E-state index contributed by atoms with van der Waals surface area (Å²) in [5, 5.41) is 2.11. The van der Waals surface area contributed by atoms with Gasteiger partial charge in [-0.2, -0.15) is 0 Å². The summed E-state index contributed by atoms with van der Waals surface area (Å²) in [4.78, 5) is 21.5. The number of likely N-dealkylation sites (N-methyl/N-ethyl adjacent to an activating group) is 1. The number of ether oxygens (including phenoxy) is 1. The van der Waals surface area contributed by atoms with Crippen molar-refractivity contribution >= 4 is 17.2 Å². The monoisotopic (exact) mass is 348 g/mol. The third-order valence-electron chi connectivity index (χ3n) is 4.18. The highest BCUT2D eigenvalue weighted by Crippen LogP contribution is 2.20. The molecule has 0 spiro atoms. The molecular weight excluding hydrogens is 324 g/mol. The summed E-state index contributed by atoms with van der Waals surface area (Å²) in [6, 6.07) is 4.26. The molecule has 6 nitrogen and oxygen atoms in total. The molecule has 0 N–H and O–H groups in total. The van der Waals surface area contributed by atoms with Crippen molar-refractivity contribution in [1.29, 1.82) is 0 Å². The van der Waals surface area contributed by atoms with Gasteiger partial charge in [0.15, 0.2) is 0 Å². The molecule has 0 radical (unpaired) electrons. The highest BCUT2D eigenvalue weighted by Gasteiger charge is 2.23. The maximum atomic E-state index is 11.7. The first-order chi connectivity index (χ1) is 11.6. The Hall–Kier alpha value is -1.70. The zero-order chi connectivity index (χ0) is 16.9. The number of amides is 1. The van der Waals surface area contributed by atoms with E-state index in [-0.39, 0.29) is 12.5 Å². The van der Waals surface area contributed by atoms with E-state index in [0.717, 1.165) is 32.0 Å². The number of fused-ring (bicyclic) bond motifs is 1. The van der Waals surface area contributed by atoms with Crippen LogP contribution in [0.2, 0.25) is 0 Å². The van der Waals surface area contributed by atoms with Crippen LogP contribution in [0.3, 0.4) is 0 Å². The topological polar surface area (TPSA) is 50.6 Å². The normalized spacial score (nSPS) is 18.2. The number of hydrogen-bond acceptors (Lipinski definition) is 5. The van der Waals surface area contributed by atoms with Gasteiger partial charge in [0, 0.05) is 56.9 Å². The molecular formula is C17H24N4O2S. The van der Waals surface area contributed by atoms with Gasteiger partial charge in [0.05, 0.1) is 13.2 Å². The van der Waals surface area contributed by atoms with E-state index in [2.05, 4.69) is 32.0 Å². The number of carbonyl (C=O) groups is 1. The number of thiophene rings is 1. The highest BCUT2D eigenvalue weighted by atomic mass is 32.1. The Morgan fingerprint density at radius 2 is 2.33 bits per heavy atom. The van der Waals surface area contributed by atoms with Crippen molar-refractivity contribution < 1.29 is 9.53 Å². The first-order valence-electron chi connectivity index (χ1n) is 8.14. The molecule has 0 aromatic carbocycles. The van der Waals surface area contributed by atoms with E-state index < -0.39 is 0 Å². The Morgan fingerprint density at radius 1 is 1.46 bits per heavy atom. The molecule has 3 heterocycles. The van der Waals surface area contributed by atoms with Crippen LogP contribution in [0.1, 0.15) is 10.7 Å². The van der Waals surface area contributed by atoms with Gasteiger partial charge in [-0.25, -0.2) is 4.98 Å². The maximum Gasteiger partial charge on any atom is 0.248 e. The van der Waals surface area contributed by atoms with E-state index in [1.54, 1.807) is 30.3 Å². The lowest BCUT2D eigenvalue weighted by Crippen LogP contribution is -2.32. The summed E-state index contributed by atoms with van der Waals surface area (Å²) < 4.78 is 7.88. The third-order valence-corrected chi connectivity index (χ3v) is 5.04. The second kappa shape index (κ2) is 7.92. The van der Waals surface area contributed by atoms with Gasteiger partial charge in [-0.05, 0) is 11.4 Å². The predicted molar refractivity (Wildman–Crippen MR) is 93.7 cm³/mol. The fourth-order valence-corrected chi connectivity index (χ4v) is 3.66. The molecule has 1 aliphatic heterocycles. The van der Waals surface area contributed by atoms with Crippen molar-refractivity contribution in [1.82, 2.24) is 19.4 Å². The summed E-state index contributed by atoms with van der Waals surface area (Å²) in [5.41, 5.74) is 0. The van der Waals surface area contributed by atoms with Crippen LogP contribution in [0, 0.1) is 5.92 Å². The fraction of sp³-hybridized carbons (Fsp3) is 0.529. The number of hydrogen-bond donors (Lipinski definition) is 0. The molecule has 0 saturated heterocycles. The number of imidazole rings is 1. The van der Waals surface area contributed by atoms with Gasteiger partial charge < -0.3 is 14.2 Å². The first kappa shape index (κ1) is 17.1. The van der Waals surface area contributed by atoms with Crippen molar-refractivity contribution in [3.05, 3.63) is 40.6 Å². The van der Waals surface area contributed by atoms with Crippen LogP contribution in [-0.2, 0) is 29.2 Å². The van der Waals surface area contributed by atoms with E-state index in [1.807, 2.05) is 12.4 Å². The first-order valence-corrected chi connectivity index (χ1v) is 9.02. The standard InChI is InChI=1S/C17H24N4O2S/c1-19(2)17(22)13-23-12-14-8-20(10-15-4-3-7-24-15)11-16-18-5-6-21(16)9-14/h3-7,14H,8-13H2,1-2H3/t14-/m1/s1. The van der Waals surface area contributed by atoms with Gasteiger partial charge >= 0.3 is 0 Å². The van der Waals surface area contributed by atoms with Crippen LogP contribution in [0.15, 0.2) is 29.9 Å². The fourth-order valence-electron chi connectivity index (χ4n) is 2.91. The Labute approximate surface area is 146 Å². The van der Waals surface area contributed by atoms with Crippen LogP contribution in [0.4, 0.5) is 0 Å². The van der Waals surface area contributed by atoms with Crippen LogP contribution >= 0.6 is 11.3 Å². The van der Waals surface area contributed by atoms with Crippen molar-refractivity contribution in [2.45, 2.75) is 19.6 Å². The molecule has 0 saturated carbocycles. The van der Waals surface area contributed by atoms with E-state index in [4.69, 9.17) is 4.74 Å². The molecule has 7 heteroatoms. The molecule has 2 aromatic rings. The van der Waals surface area contributed by atoms with E-state index in [0.29, 0.717) is 12.5 Å². The molecule has 1 aliphatic rings. The summed E-state index contributed by atoms with van der Waals surface area (Å²) >= 11 is 1.78. The molecule has 2 aromatic heterocycles. The molecule has 3 rings (SSSR count). The zero-order valence-electron chi connectivity index (χ0n) is 14.2. The maximum absolute atomic E-state index is 11.7. The average Bonchev–Trinajstić information content (AvgIpc) is 3.16. The number of rotatable bonds is 6. The Bertz CT molecular complexity index is 653. The molecule has 0 unspecified atom stereocenters. The quantitative estimate of drug-likeness (QED) is 0.797. The molecule has 1 atom stereocenters. The molecule has 1 amide bonds. The van der Waals surface area contributed by atoms with Crippen LogP contribution in [-0.4, -0.2) is 59.1 Å². The van der Waals surface area contributed by atoms with Crippen LogP contribution < -0.4 is 0 Å². The Balaban J connectivity index is 1.62. The van der Waals surface area contributed by atoms with E-state index >= 15 is 0 Å². The summed E-state index contributed by atoms with van der Waals surface area (Å²) in [6.07, 6.45) is 3.89. The summed E-state index contributed by atoms with van der Waals surface area (Å²) in [7, 11) is 3.50. The largest absolute Gasteiger partial charge is 0.371 e. The molecule has 24 heavy (non-hydrogen) atoms. The molecule has 0 bridgehead atoms. The molecule has 0 aliphatic carbocycles. The minimum absolute atomic E-state index is 0.00221. The highest BCUT2D eigenvalue weighted by molar-refractivity contribution is 7.09. The second-order valence-electron chi connectivity index (χ2n) is 6.41. The molecule has 130 valence electrons. The van der Waals surface area contributed by atoms with Crippen molar-refractivity contribution in [3.63, 3.8) is 0 Å². The predicted octanol–water partition coefficient (Wildman–Crippen LogP) is 1.68. The molecule has 0 fully saturated rings. The number of nitrogens with zero attached hydrogens (tertiary/aromatic N) is 4. The van der Waals surface area contributed by atoms with Crippen molar-refractivity contribution in [3.8, 4) is 0 Å². The summed E-state index contributed by atoms with van der Waals surface area (Å²) in [5.74, 6) is 1.44. The van der Waals surface area contributed by atoms with Crippen LogP contribution in [0.5, 0.6) is 0 Å². The summed E-state index contributed by atoms with van der Waals surface area (Å²) in [6.45, 7) is 4.32. The van der Waals surface area contributed by atoms with Gasteiger partial charge in [-0.15, -0.1) is 11.3 Å². The third kappa shape index (κ3) is 4.43. The Kier molecular flexibility index (Phi) is 5.65. The van der Waals surface area contributed by atoms with Gasteiger partial charge in [-0.3, -0.25) is 9.69 Å². The second-order valence-corrected chi connectivity index (χ2v) is 7.45. The lowest BCUT2D eigenvalue weighted by Gasteiger charge is -2.23. The number of aromatic nitrogens is 2. The lowest BCUT2D eigenvalue weighted by atomic mass is 10.1. The van der Waals surface area contributed by atoms with Gasteiger partial charge in [0.1, 0.15) is 12.4 Å². The van der Waals surface area contributed by atoms with Crippen LogP contribution in [0.25, 0.3) is 0 Å². The smallest absolute Gasteiger partial charge is 0.248 e. The van der Waals surface area contributed by atoms with Gasteiger partial charge in [0.25, 0.3) is 0 Å². The van der Waals surface area contributed by atoms with E-state index in [9.17, 15) is 4.79 Å². The van der Waals surface area contributed by atoms with E-state index in [1.165, 1.54) is 4.88 Å². The number of carbonyl (C=O) groups excluding carboxylic acids is 1. The minimum atomic E-state index is 0.00221.